The summed E-state index contributed by atoms with van der Waals surface area (Å²) in [4.78, 5) is 17.8. The first-order valence-electron chi connectivity index (χ1n) is 19.8. The number of rotatable bonds is 8. The van der Waals surface area contributed by atoms with Crippen molar-refractivity contribution >= 4 is 35.6 Å². The third-order valence-corrected chi connectivity index (χ3v) is 19.3. The molecule has 0 bridgehead atoms. The topological polar surface area (TPSA) is 63.6 Å². The van der Waals surface area contributed by atoms with E-state index in [1.165, 1.54) is 12.3 Å². The van der Waals surface area contributed by atoms with Crippen LogP contribution in [0.2, 0.25) is 16.6 Å². The summed E-state index contributed by atoms with van der Waals surface area (Å²) in [6, 6.07) is 7.72. The van der Waals surface area contributed by atoms with Crippen molar-refractivity contribution in [2.75, 3.05) is 44.4 Å². The molecule has 1 saturated carbocycles. The van der Waals surface area contributed by atoms with Crippen molar-refractivity contribution in [1.29, 1.82) is 0 Å². The summed E-state index contributed by atoms with van der Waals surface area (Å²) in [5, 5.41) is 1.39. The standard InChI is InChI=1S/C43H48F5N5O2Si/c1-24(2)56(25(3)4,26(5)6)18-13-29-33(44)12-11-27-9-7-10-30(34(27)29)37-36(46)38-31(20-49-37)41(53-16-17-54-22-32-35(45)39(32)53)51-42(50-38)55-23-43-14-8-15-52(43)21-28(19-43)40(47)48/h7,9-12,20,24-26,32,35,39H,8,14-17,19,21-23H2,1-6H3/t32-,35-,39-,43-/m0/s1. The number of fused-ring (bicyclic) bond motifs is 4. The van der Waals surface area contributed by atoms with E-state index in [0.717, 1.165) is 6.42 Å². The fourth-order valence-corrected chi connectivity index (χ4v) is 15.3. The monoisotopic (exact) mass is 789 g/mol. The Morgan fingerprint density at radius 3 is 2.54 bits per heavy atom. The van der Waals surface area contributed by atoms with Crippen LogP contribution >= 0.6 is 0 Å². The number of pyridine rings is 1. The van der Waals surface area contributed by atoms with E-state index < -0.39 is 43.5 Å². The lowest BCUT2D eigenvalue weighted by molar-refractivity contribution is 0.108. The predicted octanol–water partition coefficient (Wildman–Crippen LogP) is 9.63. The number of hydrogen-bond acceptors (Lipinski definition) is 7. The van der Waals surface area contributed by atoms with Crippen LogP contribution in [0, 0.1) is 29.0 Å². The number of hydrogen-bond donors (Lipinski definition) is 0. The second-order valence-electron chi connectivity index (χ2n) is 16.9. The minimum Gasteiger partial charge on any atom is -0.461 e. The van der Waals surface area contributed by atoms with Gasteiger partial charge in [0.15, 0.2) is 5.82 Å². The number of anilines is 1. The minimum atomic E-state index is -2.27. The molecular weight excluding hydrogens is 742 g/mol. The van der Waals surface area contributed by atoms with Gasteiger partial charge in [-0.15, -0.1) is 5.54 Å². The molecule has 56 heavy (non-hydrogen) atoms. The zero-order chi connectivity index (χ0) is 39.7. The van der Waals surface area contributed by atoms with Crippen molar-refractivity contribution in [2.45, 2.75) is 95.2 Å². The van der Waals surface area contributed by atoms with Gasteiger partial charge in [-0.3, -0.25) is 9.88 Å². The maximum Gasteiger partial charge on any atom is 0.319 e. The van der Waals surface area contributed by atoms with Gasteiger partial charge in [-0.05, 0) is 53.9 Å². The van der Waals surface area contributed by atoms with E-state index in [1.807, 2.05) is 11.0 Å². The van der Waals surface area contributed by atoms with E-state index >= 15 is 13.2 Å². The average Bonchev–Trinajstić information content (AvgIpc) is 3.50. The molecule has 3 saturated heterocycles. The van der Waals surface area contributed by atoms with Crippen LogP contribution in [0.3, 0.4) is 0 Å². The Morgan fingerprint density at radius 1 is 1.04 bits per heavy atom. The van der Waals surface area contributed by atoms with E-state index in [0.29, 0.717) is 59.1 Å². The fraction of sp³-hybridized carbons (Fsp3) is 0.512. The van der Waals surface area contributed by atoms with Crippen molar-refractivity contribution < 1.29 is 31.4 Å². The molecule has 0 amide bonds. The number of benzene rings is 2. The van der Waals surface area contributed by atoms with Crippen molar-refractivity contribution in [3.05, 3.63) is 65.4 Å². The molecule has 4 aromatic rings. The van der Waals surface area contributed by atoms with E-state index in [9.17, 15) is 8.78 Å². The normalized spacial score (nSPS) is 23.9. The molecule has 1 aliphatic carbocycles. The first-order chi connectivity index (χ1) is 26.8. The van der Waals surface area contributed by atoms with Crippen LogP contribution in [-0.4, -0.2) is 85.1 Å². The Morgan fingerprint density at radius 2 is 1.80 bits per heavy atom. The first kappa shape index (κ1) is 38.7. The van der Waals surface area contributed by atoms with Crippen LogP contribution in [0.4, 0.5) is 27.8 Å². The minimum absolute atomic E-state index is 0.0216. The van der Waals surface area contributed by atoms with Crippen LogP contribution in [-0.2, 0) is 4.74 Å². The highest BCUT2D eigenvalue weighted by Crippen LogP contribution is 2.47. The summed E-state index contributed by atoms with van der Waals surface area (Å²) in [7, 11) is -2.27. The number of halogens is 5. The number of aromatic nitrogens is 3. The van der Waals surface area contributed by atoms with Gasteiger partial charge in [0.1, 0.15) is 43.7 Å². The largest absolute Gasteiger partial charge is 0.461 e. The van der Waals surface area contributed by atoms with E-state index in [1.54, 1.807) is 23.1 Å². The highest BCUT2D eigenvalue weighted by Gasteiger charge is 2.56. The molecule has 13 heteroatoms. The average molecular weight is 790 g/mol. The van der Waals surface area contributed by atoms with Crippen molar-refractivity contribution in [3.63, 3.8) is 0 Å². The van der Waals surface area contributed by atoms with Gasteiger partial charge in [-0.25, -0.2) is 13.2 Å². The second kappa shape index (κ2) is 14.7. The highest BCUT2D eigenvalue weighted by atomic mass is 28.3. The highest BCUT2D eigenvalue weighted by molar-refractivity contribution is 6.90. The van der Waals surface area contributed by atoms with Gasteiger partial charge in [-0.2, -0.15) is 18.7 Å². The molecule has 296 valence electrons. The van der Waals surface area contributed by atoms with Crippen molar-refractivity contribution in [2.24, 2.45) is 5.92 Å². The summed E-state index contributed by atoms with van der Waals surface area (Å²) < 4.78 is 87.9. The van der Waals surface area contributed by atoms with Crippen LogP contribution < -0.4 is 9.64 Å². The van der Waals surface area contributed by atoms with E-state index in [2.05, 4.69) is 63.0 Å². The van der Waals surface area contributed by atoms with Crippen LogP contribution in [0.15, 0.2) is 48.2 Å². The molecule has 4 fully saturated rings. The lowest BCUT2D eigenvalue weighted by atomic mass is 9.94. The van der Waals surface area contributed by atoms with Gasteiger partial charge >= 0.3 is 6.01 Å². The third kappa shape index (κ3) is 6.36. The quantitative estimate of drug-likeness (QED) is 0.100. The maximum atomic E-state index is 17.3. The molecule has 2 aromatic heterocycles. The zero-order valence-corrected chi connectivity index (χ0v) is 33.7. The molecule has 3 aliphatic heterocycles. The molecule has 0 unspecified atom stereocenters. The van der Waals surface area contributed by atoms with Crippen LogP contribution in [0.1, 0.15) is 66.4 Å². The summed E-state index contributed by atoms with van der Waals surface area (Å²) in [6.45, 7) is 14.9. The van der Waals surface area contributed by atoms with Crippen LogP contribution in [0.5, 0.6) is 6.01 Å². The molecule has 4 atom stereocenters. The number of alkyl halides is 1. The van der Waals surface area contributed by atoms with Crippen molar-refractivity contribution in [1.82, 2.24) is 19.9 Å². The molecule has 2 aromatic carbocycles. The van der Waals surface area contributed by atoms with E-state index in [-0.39, 0.29) is 71.7 Å². The predicted molar refractivity (Wildman–Crippen MR) is 211 cm³/mol. The molecule has 0 N–H and O–H groups in total. The smallest absolute Gasteiger partial charge is 0.319 e. The maximum absolute atomic E-state index is 17.3. The fourth-order valence-electron chi connectivity index (χ4n) is 10.1. The summed E-state index contributed by atoms with van der Waals surface area (Å²) in [5.74, 6) is 1.92. The van der Waals surface area contributed by atoms with Gasteiger partial charge < -0.3 is 14.4 Å². The Labute approximate surface area is 325 Å². The second-order valence-corrected chi connectivity index (χ2v) is 22.5. The molecule has 0 radical (unpaired) electrons. The zero-order valence-electron chi connectivity index (χ0n) is 32.7. The van der Waals surface area contributed by atoms with Gasteiger partial charge in [0, 0.05) is 41.7 Å². The van der Waals surface area contributed by atoms with E-state index in [4.69, 9.17) is 14.5 Å². The van der Waals surface area contributed by atoms with Gasteiger partial charge in [0.05, 0.1) is 35.7 Å². The molecule has 0 spiro atoms. The molecule has 8 rings (SSSR count). The Hall–Kier alpha value is -4.12. The SMILES string of the molecule is CC(C)[Si](C#Cc1c(F)ccc2cccc(-c3ncc4c(N5CCOC[C@H]6[C@H](F)[C@H]65)nc(OC[C@@]56CCCN5CC(=C(F)F)C6)nc4c3F)c12)(C(C)C)C(C)C. The Bertz CT molecular complexity index is 2270. The van der Waals surface area contributed by atoms with Crippen LogP contribution in [0.25, 0.3) is 32.9 Å². The molecular formula is C43H48F5N5O2Si. The van der Waals surface area contributed by atoms with Gasteiger partial charge in [-0.1, -0.05) is 71.7 Å². The lowest BCUT2D eigenvalue weighted by Gasteiger charge is -2.38. The summed E-state index contributed by atoms with van der Waals surface area (Å²) in [5.41, 5.74) is 4.43. The molecule has 4 aliphatic rings. The number of nitrogens with zero attached hydrogens (tertiary/aromatic N) is 5. The number of ether oxygens (including phenoxy) is 2. The first-order valence-corrected chi connectivity index (χ1v) is 22.0. The summed E-state index contributed by atoms with van der Waals surface area (Å²) in [6.07, 6.45) is 0.309. The molecule has 7 nitrogen and oxygen atoms in total. The molecule has 5 heterocycles. The Kier molecular flexibility index (Phi) is 10.1. The van der Waals surface area contributed by atoms with Gasteiger partial charge in [0.2, 0.25) is 0 Å². The van der Waals surface area contributed by atoms with Gasteiger partial charge in [0.25, 0.3) is 6.08 Å². The van der Waals surface area contributed by atoms with Crippen molar-refractivity contribution in [3.8, 4) is 28.7 Å². The third-order valence-electron chi connectivity index (χ3n) is 13.0. The summed E-state index contributed by atoms with van der Waals surface area (Å²) >= 11 is 0. The Balaban J connectivity index is 1.28. The lowest BCUT2D eigenvalue weighted by Crippen LogP contribution is -2.43.